The van der Waals surface area contributed by atoms with Crippen LogP contribution in [-0.4, -0.2) is 29.7 Å². The molecule has 0 radical (unpaired) electrons. The van der Waals surface area contributed by atoms with Gasteiger partial charge in [0, 0.05) is 21.9 Å². The topological polar surface area (TPSA) is 66.2 Å². The average Bonchev–Trinajstić information content (AvgIpc) is 2.76. The van der Waals surface area contributed by atoms with E-state index in [9.17, 15) is 4.79 Å². The van der Waals surface area contributed by atoms with Crippen LogP contribution < -0.4 is 10.6 Å². The number of aromatic nitrogens is 1. The van der Waals surface area contributed by atoms with Crippen LogP contribution in [0.3, 0.4) is 0 Å². The number of esters is 1. The number of aromatic amines is 1. The quantitative estimate of drug-likeness (QED) is 0.583. The van der Waals surface area contributed by atoms with Crippen LogP contribution in [0.2, 0.25) is 0 Å². The molecule has 0 amide bonds. The van der Waals surface area contributed by atoms with Gasteiger partial charge in [-0.2, -0.15) is 0 Å². The Labute approximate surface area is 130 Å². The Hall–Kier alpha value is -1.60. The van der Waals surface area contributed by atoms with E-state index in [1.165, 1.54) is 7.11 Å². The van der Waals surface area contributed by atoms with Crippen molar-refractivity contribution in [2.75, 3.05) is 19.0 Å². The molecular formula is C13H14BrN3O2S. The first-order valence-corrected chi connectivity index (χ1v) is 7.21. The minimum Gasteiger partial charge on any atom is -0.464 e. The molecule has 0 atom stereocenters. The summed E-state index contributed by atoms with van der Waals surface area (Å²) in [7, 11) is 1.34. The van der Waals surface area contributed by atoms with E-state index in [0.717, 1.165) is 15.4 Å². The van der Waals surface area contributed by atoms with E-state index in [-0.39, 0.29) is 0 Å². The number of thiocarbonyl (C=S) groups is 1. The summed E-state index contributed by atoms with van der Waals surface area (Å²) < 4.78 is 5.71. The Morgan fingerprint density at radius 3 is 2.90 bits per heavy atom. The number of halogens is 1. The molecule has 0 fully saturated rings. The lowest BCUT2D eigenvalue weighted by Crippen LogP contribution is -2.28. The minimum atomic E-state index is -0.445. The molecule has 0 aliphatic carbocycles. The predicted molar refractivity (Wildman–Crippen MR) is 87.2 cm³/mol. The molecule has 0 aliphatic heterocycles. The molecule has 0 aliphatic rings. The number of H-pyrrole nitrogens is 1. The minimum absolute atomic E-state index is 0.348. The van der Waals surface area contributed by atoms with Crippen molar-refractivity contribution in [2.45, 2.75) is 6.92 Å². The van der Waals surface area contributed by atoms with Gasteiger partial charge in [-0.25, -0.2) is 4.79 Å². The van der Waals surface area contributed by atoms with E-state index in [4.69, 9.17) is 17.0 Å². The summed E-state index contributed by atoms with van der Waals surface area (Å²) in [6.45, 7) is 2.65. The van der Waals surface area contributed by atoms with Gasteiger partial charge in [0.2, 0.25) is 0 Å². The Morgan fingerprint density at radius 2 is 2.25 bits per heavy atom. The lowest BCUT2D eigenvalue weighted by atomic mass is 10.2. The van der Waals surface area contributed by atoms with E-state index in [0.29, 0.717) is 23.0 Å². The molecule has 0 saturated carbocycles. The number of hydrogen-bond acceptors (Lipinski definition) is 3. The van der Waals surface area contributed by atoms with Crippen LogP contribution in [0, 0.1) is 0 Å². The van der Waals surface area contributed by atoms with Crippen molar-refractivity contribution in [2.24, 2.45) is 0 Å². The van der Waals surface area contributed by atoms with Gasteiger partial charge in [0.05, 0.1) is 12.8 Å². The maximum Gasteiger partial charge on any atom is 0.356 e. The Kier molecular flexibility index (Phi) is 4.61. The van der Waals surface area contributed by atoms with Crippen LogP contribution >= 0.6 is 28.1 Å². The maximum atomic E-state index is 11.9. The van der Waals surface area contributed by atoms with Gasteiger partial charge >= 0.3 is 5.97 Å². The highest BCUT2D eigenvalue weighted by Crippen LogP contribution is 2.30. The first-order valence-electron chi connectivity index (χ1n) is 6.01. The van der Waals surface area contributed by atoms with E-state index in [2.05, 4.69) is 31.5 Å². The van der Waals surface area contributed by atoms with Gasteiger partial charge in [-0.15, -0.1) is 0 Å². The smallest absolute Gasteiger partial charge is 0.356 e. The number of nitrogens with one attached hydrogen (secondary N) is 3. The van der Waals surface area contributed by atoms with Gasteiger partial charge in [0.25, 0.3) is 0 Å². The number of fused-ring (bicyclic) bond motifs is 1. The van der Waals surface area contributed by atoms with Crippen LogP contribution in [0.25, 0.3) is 10.9 Å². The summed E-state index contributed by atoms with van der Waals surface area (Å²) in [5, 5.41) is 7.35. The van der Waals surface area contributed by atoms with Crippen molar-refractivity contribution in [3.8, 4) is 0 Å². The van der Waals surface area contributed by atoms with Crippen molar-refractivity contribution in [3.63, 3.8) is 0 Å². The van der Waals surface area contributed by atoms with E-state index in [1.54, 1.807) is 0 Å². The van der Waals surface area contributed by atoms with Gasteiger partial charge in [0.1, 0.15) is 5.69 Å². The standard InChI is InChI=1S/C13H14BrN3O2S/c1-3-15-13(20)17-10-8-6-7(14)4-5-9(8)16-11(10)12(18)19-2/h4-6,16H,3H2,1-2H3,(H2,15,17,20). The summed E-state index contributed by atoms with van der Waals surface area (Å²) in [5.74, 6) is -0.445. The number of anilines is 1. The monoisotopic (exact) mass is 355 g/mol. The normalized spacial score (nSPS) is 10.3. The molecule has 0 bridgehead atoms. The molecule has 1 aromatic heterocycles. The Bertz CT molecular complexity index is 669. The molecule has 0 unspecified atom stereocenters. The van der Waals surface area contributed by atoms with Crippen molar-refractivity contribution in [3.05, 3.63) is 28.4 Å². The van der Waals surface area contributed by atoms with Crippen LogP contribution in [0.15, 0.2) is 22.7 Å². The third kappa shape index (κ3) is 2.94. The third-order valence-corrected chi connectivity index (χ3v) is 3.47. The van der Waals surface area contributed by atoms with Crippen LogP contribution in [0.1, 0.15) is 17.4 Å². The molecule has 20 heavy (non-hydrogen) atoms. The largest absolute Gasteiger partial charge is 0.464 e. The predicted octanol–water partition coefficient (Wildman–Crippen LogP) is 3.02. The van der Waals surface area contributed by atoms with Gasteiger partial charge in [-0.3, -0.25) is 0 Å². The number of rotatable bonds is 3. The SMILES string of the molecule is CCNC(=S)Nc1c(C(=O)OC)[nH]c2ccc(Br)cc12. The number of carbonyl (C=O) groups excluding carboxylic acids is 1. The highest BCUT2D eigenvalue weighted by molar-refractivity contribution is 9.10. The highest BCUT2D eigenvalue weighted by Gasteiger charge is 2.19. The number of benzene rings is 1. The fourth-order valence-corrected chi connectivity index (χ4v) is 2.47. The molecule has 2 aromatic rings. The molecule has 1 heterocycles. The van der Waals surface area contributed by atoms with Gasteiger partial charge < -0.3 is 20.4 Å². The van der Waals surface area contributed by atoms with Crippen molar-refractivity contribution in [1.82, 2.24) is 10.3 Å². The van der Waals surface area contributed by atoms with Gasteiger partial charge in [-0.1, -0.05) is 15.9 Å². The lowest BCUT2D eigenvalue weighted by molar-refractivity contribution is 0.0596. The summed E-state index contributed by atoms with van der Waals surface area (Å²) in [6, 6.07) is 5.69. The fourth-order valence-electron chi connectivity index (χ4n) is 1.87. The second-order valence-electron chi connectivity index (χ2n) is 4.04. The number of methoxy groups -OCH3 is 1. The second kappa shape index (κ2) is 6.23. The average molecular weight is 356 g/mol. The molecule has 0 spiro atoms. The van der Waals surface area contributed by atoms with Crippen molar-refractivity contribution < 1.29 is 9.53 Å². The van der Waals surface area contributed by atoms with Crippen LogP contribution in [0.5, 0.6) is 0 Å². The highest BCUT2D eigenvalue weighted by atomic mass is 79.9. The lowest BCUT2D eigenvalue weighted by Gasteiger charge is -2.09. The van der Waals surface area contributed by atoms with E-state index >= 15 is 0 Å². The zero-order chi connectivity index (χ0) is 14.7. The van der Waals surface area contributed by atoms with Crippen LogP contribution in [0.4, 0.5) is 5.69 Å². The molecule has 2 rings (SSSR count). The van der Waals surface area contributed by atoms with Crippen molar-refractivity contribution in [1.29, 1.82) is 0 Å². The Morgan fingerprint density at radius 1 is 1.50 bits per heavy atom. The fraction of sp³-hybridized carbons (Fsp3) is 0.231. The molecular weight excluding hydrogens is 342 g/mol. The maximum absolute atomic E-state index is 11.9. The second-order valence-corrected chi connectivity index (χ2v) is 5.36. The zero-order valence-electron chi connectivity index (χ0n) is 11.0. The third-order valence-electron chi connectivity index (χ3n) is 2.73. The first kappa shape index (κ1) is 14.8. The molecule has 106 valence electrons. The number of ether oxygens (including phenoxy) is 1. The molecule has 3 N–H and O–H groups in total. The van der Waals surface area contributed by atoms with E-state index in [1.807, 2.05) is 25.1 Å². The molecule has 0 saturated heterocycles. The zero-order valence-corrected chi connectivity index (χ0v) is 13.4. The molecule has 7 heteroatoms. The summed E-state index contributed by atoms with van der Waals surface area (Å²) in [6.07, 6.45) is 0. The van der Waals surface area contributed by atoms with Gasteiger partial charge in [0.15, 0.2) is 5.11 Å². The molecule has 5 nitrogen and oxygen atoms in total. The number of carbonyl (C=O) groups is 1. The first-order chi connectivity index (χ1) is 9.56. The van der Waals surface area contributed by atoms with Crippen molar-refractivity contribution >= 4 is 55.8 Å². The van der Waals surface area contributed by atoms with E-state index < -0.39 is 5.97 Å². The summed E-state index contributed by atoms with van der Waals surface area (Å²) >= 11 is 8.60. The summed E-state index contributed by atoms with van der Waals surface area (Å²) in [5.41, 5.74) is 1.79. The number of hydrogen-bond donors (Lipinski definition) is 3. The van der Waals surface area contributed by atoms with Gasteiger partial charge in [-0.05, 0) is 37.3 Å². The molecule has 1 aromatic carbocycles. The Balaban J connectivity index is 2.54. The van der Waals surface area contributed by atoms with Crippen LogP contribution in [-0.2, 0) is 4.74 Å². The summed E-state index contributed by atoms with van der Waals surface area (Å²) in [4.78, 5) is 14.9.